The first-order valence-electron chi connectivity index (χ1n) is 5.10. The van der Waals surface area contributed by atoms with Gasteiger partial charge in [0.2, 0.25) is 0 Å². The molecule has 1 fully saturated rings. The number of ether oxygens (including phenoxy) is 1. The number of alkyl halides is 1. The molecule has 0 heterocycles. The fourth-order valence-electron chi connectivity index (χ4n) is 1.69. The van der Waals surface area contributed by atoms with Crippen LogP contribution < -0.4 is 0 Å². The minimum atomic E-state index is 0.361. The second kappa shape index (κ2) is 5.99. The van der Waals surface area contributed by atoms with Gasteiger partial charge in [-0.1, -0.05) is 22.4 Å². The quantitative estimate of drug-likeness (QED) is 0.670. The minimum Gasteiger partial charge on any atom is -0.380 e. The van der Waals surface area contributed by atoms with Gasteiger partial charge < -0.3 is 4.74 Å². The van der Waals surface area contributed by atoms with Gasteiger partial charge >= 0.3 is 0 Å². The fraction of sp³-hybridized carbons (Fsp3) is 1.00. The lowest BCUT2D eigenvalue weighted by Gasteiger charge is -2.38. The average Bonchev–Trinajstić information content (AvgIpc) is 2.01. The molecule has 0 aliphatic heterocycles. The number of hydrogen-bond acceptors (Lipinski definition) is 2. The number of nitrogens with zero attached hydrogens (tertiary/aromatic N) is 1. The highest BCUT2D eigenvalue weighted by Gasteiger charge is 2.25. The van der Waals surface area contributed by atoms with Gasteiger partial charge in [0.05, 0.1) is 6.10 Å². The summed E-state index contributed by atoms with van der Waals surface area (Å²) in [5.74, 6) is 0. The third-order valence-corrected chi connectivity index (χ3v) is 3.21. The van der Waals surface area contributed by atoms with E-state index in [2.05, 4.69) is 27.8 Å². The molecule has 0 saturated heterocycles. The maximum atomic E-state index is 5.29. The van der Waals surface area contributed by atoms with E-state index in [1.165, 1.54) is 19.3 Å². The van der Waals surface area contributed by atoms with Crippen molar-refractivity contribution in [1.82, 2.24) is 4.90 Å². The first-order chi connectivity index (χ1) is 6.27. The van der Waals surface area contributed by atoms with E-state index in [9.17, 15) is 0 Å². The minimum absolute atomic E-state index is 0.361. The van der Waals surface area contributed by atoms with Gasteiger partial charge in [-0.2, -0.15) is 0 Å². The molecule has 0 amide bonds. The topological polar surface area (TPSA) is 12.5 Å². The lowest BCUT2D eigenvalue weighted by atomic mass is 9.91. The van der Waals surface area contributed by atoms with E-state index < -0.39 is 0 Å². The Morgan fingerprint density at radius 3 is 2.62 bits per heavy atom. The van der Waals surface area contributed by atoms with Crippen LogP contribution in [0.25, 0.3) is 0 Å². The summed E-state index contributed by atoms with van der Waals surface area (Å²) in [6.07, 6.45) is 4.53. The maximum Gasteiger partial charge on any atom is 0.0670 e. The Balaban J connectivity index is 2.28. The molecule has 13 heavy (non-hydrogen) atoms. The first kappa shape index (κ1) is 11.5. The summed E-state index contributed by atoms with van der Waals surface area (Å²) in [7, 11) is 1.79. The van der Waals surface area contributed by atoms with Crippen molar-refractivity contribution in [2.75, 3.05) is 25.5 Å². The molecular formula is C10H20BrNO. The normalized spacial score (nSPS) is 20.3. The van der Waals surface area contributed by atoms with Crippen LogP contribution >= 0.6 is 15.9 Å². The lowest BCUT2D eigenvalue weighted by Crippen LogP contribution is -2.44. The lowest BCUT2D eigenvalue weighted by molar-refractivity contribution is 0.0439. The Labute approximate surface area is 89.8 Å². The largest absolute Gasteiger partial charge is 0.380 e. The zero-order valence-electron chi connectivity index (χ0n) is 8.63. The molecule has 1 atom stereocenters. The molecule has 2 nitrogen and oxygen atoms in total. The van der Waals surface area contributed by atoms with Crippen LogP contribution in [-0.2, 0) is 4.74 Å². The van der Waals surface area contributed by atoms with E-state index in [4.69, 9.17) is 4.74 Å². The van der Waals surface area contributed by atoms with Gasteiger partial charge in [-0.15, -0.1) is 0 Å². The zero-order chi connectivity index (χ0) is 9.68. The van der Waals surface area contributed by atoms with Crippen LogP contribution in [-0.4, -0.2) is 42.6 Å². The molecule has 3 heteroatoms. The van der Waals surface area contributed by atoms with Crippen molar-refractivity contribution in [3.05, 3.63) is 0 Å². The third-order valence-electron chi connectivity index (χ3n) is 2.86. The Kier molecular flexibility index (Phi) is 5.29. The van der Waals surface area contributed by atoms with E-state index in [0.717, 1.165) is 24.5 Å². The molecule has 0 spiro atoms. The predicted molar refractivity (Wildman–Crippen MR) is 59.5 cm³/mol. The average molecular weight is 250 g/mol. The molecule has 78 valence electrons. The molecule has 1 aliphatic rings. The van der Waals surface area contributed by atoms with Gasteiger partial charge in [0.25, 0.3) is 0 Å². The van der Waals surface area contributed by atoms with Crippen molar-refractivity contribution < 1.29 is 4.74 Å². The monoisotopic (exact) mass is 249 g/mol. The van der Waals surface area contributed by atoms with Gasteiger partial charge in [0, 0.05) is 31.6 Å². The maximum absolute atomic E-state index is 5.29. The summed E-state index contributed by atoms with van der Waals surface area (Å²) < 4.78 is 5.29. The van der Waals surface area contributed by atoms with E-state index >= 15 is 0 Å². The molecule has 0 aromatic carbocycles. The number of halogens is 1. The van der Waals surface area contributed by atoms with Crippen molar-refractivity contribution >= 4 is 15.9 Å². The molecule has 1 aliphatic carbocycles. The molecule has 1 saturated carbocycles. The highest BCUT2D eigenvalue weighted by atomic mass is 79.9. The van der Waals surface area contributed by atoms with E-state index in [-0.39, 0.29) is 0 Å². The fourth-order valence-corrected chi connectivity index (χ4v) is 2.14. The predicted octanol–water partition coefficient (Wildman–Crippen LogP) is 2.27. The molecule has 1 unspecified atom stereocenters. The summed E-state index contributed by atoms with van der Waals surface area (Å²) in [6.45, 7) is 4.37. The van der Waals surface area contributed by atoms with Gasteiger partial charge in [0.15, 0.2) is 0 Å². The summed E-state index contributed by atoms with van der Waals surface area (Å²) in [5.41, 5.74) is 0. The molecule has 0 N–H and O–H groups in total. The Bertz CT molecular complexity index is 139. The van der Waals surface area contributed by atoms with Gasteiger partial charge in [0.1, 0.15) is 0 Å². The number of hydrogen-bond donors (Lipinski definition) is 0. The van der Waals surface area contributed by atoms with Crippen LogP contribution in [0.3, 0.4) is 0 Å². The molecule has 1 rings (SSSR count). The highest BCUT2D eigenvalue weighted by Crippen LogP contribution is 2.24. The van der Waals surface area contributed by atoms with Crippen molar-refractivity contribution in [1.29, 1.82) is 0 Å². The van der Waals surface area contributed by atoms with Crippen LogP contribution in [0.15, 0.2) is 0 Å². The third kappa shape index (κ3) is 3.56. The molecular weight excluding hydrogens is 230 g/mol. The Hall–Kier alpha value is 0.400. The van der Waals surface area contributed by atoms with Crippen LogP contribution in [0.5, 0.6) is 0 Å². The van der Waals surface area contributed by atoms with Crippen molar-refractivity contribution in [3.63, 3.8) is 0 Å². The zero-order valence-corrected chi connectivity index (χ0v) is 10.2. The van der Waals surface area contributed by atoms with Crippen LogP contribution in [0, 0.1) is 0 Å². The molecule has 0 aromatic heterocycles. The van der Waals surface area contributed by atoms with Crippen LogP contribution in [0.1, 0.15) is 26.2 Å². The second-order valence-corrected chi connectivity index (χ2v) is 4.61. The van der Waals surface area contributed by atoms with Crippen molar-refractivity contribution in [2.45, 2.75) is 38.3 Å². The second-order valence-electron chi connectivity index (χ2n) is 3.81. The standard InChI is InChI=1S/C10H20BrNO/c1-9(13-2)8-12(7-6-11)10-4-3-5-10/h9-10H,3-8H2,1-2H3. The van der Waals surface area contributed by atoms with Gasteiger partial charge in [-0.3, -0.25) is 4.90 Å². The van der Waals surface area contributed by atoms with Gasteiger partial charge in [-0.05, 0) is 19.8 Å². The summed E-state index contributed by atoms with van der Waals surface area (Å²) in [4.78, 5) is 2.55. The SMILES string of the molecule is COC(C)CN(CCBr)C1CCC1. The Morgan fingerprint density at radius 2 is 2.23 bits per heavy atom. The van der Waals surface area contributed by atoms with E-state index in [1.807, 2.05) is 0 Å². The highest BCUT2D eigenvalue weighted by molar-refractivity contribution is 9.09. The number of rotatable bonds is 6. The number of methoxy groups -OCH3 is 1. The smallest absolute Gasteiger partial charge is 0.0670 e. The summed E-state index contributed by atoms with van der Waals surface area (Å²) in [5, 5.41) is 1.07. The molecule has 0 bridgehead atoms. The van der Waals surface area contributed by atoms with Crippen LogP contribution in [0.4, 0.5) is 0 Å². The first-order valence-corrected chi connectivity index (χ1v) is 6.23. The summed E-state index contributed by atoms with van der Waals surface area (Å²) >= 11 is 3.50. The Morgan fingerprint density at radius 1 is 1.54 bits per heavy atom. The van der Waals surface area contributed by atoms with Crippen molar-refractivity contribution in [2.24, 2.45) is 0 Å². The molecule has 0 radical (unpaired) electrons. The summed E-state index contributed by atoms with van der Waals surface area (Å²) in [6, 6.07) is 0.829. The van der Waals surface area contributed by atoms with E-state index in [1.54, 1.807) is 7.11 Å². The van der Waals surface area contributed by atoms with E-state index in [0.29, 0.717) is 6.10 Å². The van der Waals surface area contributed by atoms with Crippen LogP contribution in [0.2, 0.25) is 0 Å². The molecule has 0 aromatic rings. The van der Waals surface area contributed by atoms with Gasteiger partial charge in [-0.25, -0.2) is 0 Å². The van der Waals surface area contributed by atoms with Crippen molar-refractivity contribution in [3.8, 4) is 0 Å².